The van der Waals surface area contributed by atoms with E-state index in [0.29, 0.717) is 23.7 Å². The van der Waals surface area contributed by atoms with Gasteiger partial charge >= 0.3 is 0 Å². The Bertz CT molecular complexity index is 919. The molecule has 3 aromatic rings. The van der Waals surface area contributed by atoms with Crippen molar-refractivity contribution in [2.45, 2.75) is 19.6 Å². The highest BCUT2D eigenvalue weighted by Crippen LogP contribution is 2.19. The Kier molecular flexibility index (Phi) is 5.80. The Hall–Kier alpha value is -3.65. The van der Waals surface area contributed by atoms with E-state index in [0.717, 1.165) is 5.56 Å². The van der Waals surface area contributed by atoms with E-state index in [1.54, 1.807) is 48.4 Å². The van der Waals surface area contributed by atoms with Crippen molar-refractivity contribution in [3.8, 4) is 11.8 Å². The highest BCUT2D eigenvalue weighted by Gasteiger charge is 2.24. The number of carbonyl (C=O) groups excluding carboxylic acids is 1. The van der Waals surface area contributed by atoms with Crippen LogP contribution >= 0.6 is 0 Å². The number of carbonyl (C=O) groups is 1. The van der Waals surface area contributed by atoms with Crippen molar-refractivity contribution in [1.82, 2.24) is 4.98 Å². The van der Waals surface area contributed by atoms with Gasteiger partial charge in [0.2, 0.25) is 0 Å². The molecule has 0 saturated carbocycles. The molecule has 0 aliphatic heterocycles. The lowest BCUT2D eigenvalue weighted by atomic mass is 10.2. The normalized spacial score (nSPS) is 11.3. The topological polar surface area (TPSA) is 66.2 Å². The summed E-state index contributed by atoms with van der Waals surface area (Å²) >= 11 is 0. The fourth-order valence-electron chi connectivity index (χ4n) is 2.63. The number of ether oxygens (including phenoxy) is 1. The number of nitrogens with zero attached hydrogens (tertiary/aromatic N) is 3. The summed E-state index contributed by atoms with van der Waals surface area (Å²) in [5.41, 5.74) is 1.54. The van der Waals surface area contributed by atoms with Crippen LogP contribution < -0.4 is 9.64 Å². The van der Waals surface area contributed by atoms with Crippen LogP contribution in [-0.4, -0.2) is 17.0 Å². The van der Waals surface area contributed by atoms with Crippen molar-refractivity contribution >= 4 is 11.7 Å². The predicted octanol–water partition coefficient (Wildman–Crippen LogP) is 3.95. The van der Waals surface area contributed by atoms with Crippen LogP contribution in [0, 0.1) is 11.3 Å². The van der Waals surface area contributed by atoms with Gasteiger partial charge in [-0.05, 0) is 48.9 Å². The molecular formula is C22H19N3O2. The Labute approximate surface area is 158 Å². The average Bonchev–Trinajstić information content (AvgIpc) is 2.73. The summed E-state index contributed by atoms with van der Waals surface area (Å²) in [6, 6.07) is 24.0. The molecule has 0 saturated heterocycles. The molecular weight excluding hydrogens is 338 g/mol. The van der Waals surface area contributed by atoms with Gasteiger partial charge in [0, 0.05) is 6.20 Å². The summed E-state index contributed by atoms with van der Waals surface area (Å²) in [6.07, 6.45) is 0.955. The molecule has 1 amide bonds. The molecule has 3 rings (SSSR count). The monoisotopic (exact) mass is 357 g/mol. The SMILES string of the molecule is C[C@@H](Oc1ccc(C#N)cc1)C(=O)N(Cc1ccccc1)c1ccccn1. The zero-order valence-corrected chi connectivity index (χ0v) is 14.9. The van der Waals surface area contributed by atoms with E-state index >= 15 is 0 Å². The Morgan fingerprint density at radius 2 is 1.78 bits per heavy atom. The van der Waals surface area contributed by atoms with Crippen molar-refractivity contribution in [2.24, 2.45) is 0 Å². The first-order valence-corrected chi connectivity index (χ1v) is 8.60. The summed E-state index contributed by atoms with van der Waals surface area (Å²) in [4.78, 5) is 19.0. The van der Waals surface area contributed by atoms with Gasteiger partial charge in [0.15, 0.2) is 6.10 Å². The van der Waals surface area contributed by atoms with Gasteiger partial charge in [0.05, 0.1) is 18.2 Å². The van der Waals surface area contributed by atoms with Crippen LogP contribution in [-0.2, 0) is 11.3 Å². The smallest absolute Gasteiger partial charge is 0.269 e. The Balaban J connectivity index is 1.80. The third-order valence-corrected chi connectivity index (χ3v) is 4.02. The van der Waals surface area contributed by atoms with Gasteiger partial charge in [-0.1, -0.05) is 36.4 Å². The van der Waals surface area contributed by atoms with Crippen LogP contribution in [0.2, 0.25) is 0 Å². The van der Waals surface area contributed by atoms with Crippen LogP contribution in [0.15, 0.2) is 79.0 Å². The quantitative estimate of drug-likeness (QED) is 0.670. The van der Waals surface area contributed by atoms with Crippen LogP contribution in [0.5, 0.6) is 5.75 Å². The number of anilines is 1. The highest BCUT2D eigenvalue weighted by molar-refractivity contribution is 5.95. The second-order valence-corrected chi connectivity index (χ2v) is 5.99. The number of rotatable bonds is 6. The van der Waals surface area contributed by atoms with E-state index in [-0.39, 0.29) is 5.91 Å². The molecule has 5 nitrogen and oxygen atoms in total. The van der Waals surface area contributed by atoms with E-state index < -0.39 is 6.10 Å². The van der Waals surface area contributed by atoms with Crippen LogP contribution in [0.1, 0.15) is 18.1 Å². The second kappa shape index (κ2) is 8.63. The fraction of sp³-hybridized carbons (Fsp3) is 0.136. The van der Waals surface area contributed by atoms with Crippen molar-refractivity contribution < 1.29 is 9.53 Å². The van der Waals surface area contributed by atoms with Crippen molar-refractivity contribution in [3.63, 3.8) is 0 Å². The molecule has 27 heavy (non-hydrogen) atoms. The molecule has 1 atom stereocenters. The summed E-state index contributed by atoms with van der Waals surface area (Å²) in [5, 5.41) is 8.88. The lowest BCUT2D eigenvalue weighted by Gasteiger charge is -2.25. The second-order valence-electron chi connectivity index (χ2n) is 5.99. The van der Waals surface area contributed by atoms with E-state index in [1.165, 1.54) is 0 Å². The fourth-order valence-corrected chi connectivity index (χ4v) is 2.63. The van der Waals surface area contributed by atoms with Gasteiger partial charge < -0.3 is 4.74 Å². The standard InChI is InChI=1S/C22H19N3O2/c1-17(27-20-12-10-18(15-23)11-13-20)22(26)25(21-9-5-6-14-24-21)16-19-7-3-2-4-8-19/h2-14,17H,16H2,1H3/t17-/m1/s1. The number of amides is 1. The van der Waals surface area contributed by atoms with Crippen molar-refractivity contribution in [2.75, 3.05) is 4.90 Å². The van der Waals surface area contributed by atoms with Gasteiger partial charge in [0.1, 0.15) is 11.6 Å². The number of aromatic nitrogens is 1. The predicted molar refractivity (Wildman–Crippen MR) is 103 cm³/mol. The minimum Gasteiger partial charge on any atom is -0.481 e. The molecule has 1 heterocycles. The number of nitriles is 1. The molecule has 1 aromatic heterocycles. The molecule has 0 fully saturated rings. The average molecular weight is 357 g/mol. The first-order chi connectivity index (χ1) is 13.2. The van der Waals surface area contributed by atoms with E-state index in [1.807, 2.05) is 42.5 Å². The van der Waals surface area contributed by atoms with E-state index in [4.69, 9.17) is 10.00 Å². The first-order valence-electron chi connectivity index (χ1n) is 8.60. The van der Waals surface area contributed by atoms with Gasteiger partial charge in [-0.3, -0.25) is 9.69 Å². The summed E-state index contributed by atoms with van der Waals surface area (Å²) < 4.78 is 5.79. The maximum absolute atomic E-state index is 13.1. The molecule has 0 aliphatic rings. The maximum Gasteiger partial charge on any atom is 0.269 e. The molecule has 0 spiro atoms. The van der Waals surface area contributed by atoms with Gasteiger partial charge in [-0.15, -0.1) is 0 Å². The van der Waals surface area contributed by atoms with E-state index in [9.17, 15) is 4.79 Å². The minimum absolute atomic E-state index is 0.193. The molecule has 0 aliphatic carbocycles. The lowest BCUT2D eigenvalue weighted by molar-refractivity contribution is -0.124. The number of pyridine rings is 1. The maximum atomic E-state index is 13.1. The molecule has 2 aromatic carbocycles. The lowest BCUT2D eigenvalue weighted by Crippen LogP contribution is -2.40. The molecule has 0 N–H and O–H groups in total. The molecule has 0 unspecified atom stereocenters. The summed E-state index contributed by atoms with van der Waals surface area (Å²) in [6.45, 7) is 2.11. The third-order valence-electron chi connectivity index (χ3n) is 4.02. The third kappa shape index (κ3) is 4.71. The summed E-state index contributed by atoms with van der Waals surface area (Å²) in [5.74, 6) is 0.916. The van der Waals surface area contributed by atoms with Crippen molar-refractivity contribution in [3.05, 3.63) is 90.1 Å². The molecule has 134 valence electrons. The Morgan fingerprint density at radius 3 is 2.41 bits per heavy atom. The van der Waals surface area contributed by atoms with E-state index in [2.05, 4.69) is 11.1 Å². The van der Waals surface area contributed by atoms with Gasteiger partial charge in [-0.25, -0.2) is 4.98 Å². The number of hydrogen-bond acceptors (Lipinski definition) is 4. The van der Waals surface area contributed by atoms with Crippen LogP contribution in [0.4, 0.5) is 5.82 Å². The number of benzene rings is 2. The first kappa shape index (κ1) is 18.2. The van der Waals surface area contributed by atoms with Crippen LogP contribution in [0.3, 0.4) is 0 Å². The highest BCUT2D eigenvalue weighted by atomic mass is 16.5. The Morgan fingerprint density at radius 1 is 1.07 bits per heavy atom. The van der Waals surface area contributed by atoms with Gasteiger partial charge in [0.25, 0.3) is 5.91 Å². The van der Waals surface area contributed by atoms with Gasteiger partial charge in [-0.2, -0.15) is 5.26 Å². The zero-order chi connectivity index (χ0) is 19.1. The molecule has 5 heteroatoms. The largest absolute Gasteiger partial charge is 0.481 e. The summed E-state index contributed by atoms with van der Waals surface area (Å²) in [7, 11) is 0. The minimum atomic E-state index is -0.705. The molecule has 0 bridgehead atoms. The zero-order valence-electron chi connectivity index (χ0n) is 14.9. The van der Waals surface area contributed by atoms with Crippen molar-refractivity contribution in [1.29, 1.82) is 5.26 Å². The van der Waals surface area contributed by atoms with Crippen LogP contribution in [0.25, 0.3) is 0 Å². The number of hydrogen-bond donors (Lipinski definition) is 0. The molecule has 0 radical (unpaired) electrons.